The summed E-state index contributed by atoms with van der Waals surface area (Å²) < 4.78 is 0. The topological polar surface area (TPSA) is 52.9 Å². The van der Waals surface area contributed by atoms with Crippen molar-refractivity contribution < 1.29 is 4.79 Å². The van der Waals surface area contributed by atoms with E-state index in [1.807, 2.05) is 13.8 Å². The second-order valence-corrected chi connectivity index (χ2v) is 2.41. The highest BCUT2D eigenvalue weighted by molar-refractivity contribution is 5.82. The molecule has 0 saturated carbocycles. The Morgan fingerprint density at radius 2 is 2.30 bits per heavy atom. The molecule has 0 radical (unpaired) electrons. The van der Waals surface area contributed by atoms with Gasteiger partial charge in [0.1, 0.15) is 0 Å². The number of hydrogen-bond donors (Lipinski definition) is 1. The largest absolute Gasteiger partial charge is 0.308 e. The third-order valence-electron chi connectivity index (χ3n) is 0.984. The van der Waals surface area contributed by atoms with Crippen LogP contribution in [-0.2, 0) is 4.79 Å². The molecule has 0 aliphatic carbocycles. The Hall–Kier alpha value is -0.880. The minimum absolute atomic E-state index is 0.0136. The molecule has 0 aliphatic heterocycles. The van der Waals surface area contributed by atoms with Crippen molar-refractivity contribution in [3.8, 4) is 6.07 Å². The minimum Gasteiger partial charge on any atom is -0.308 e. The maximum Gasteiger partial charge on any atom is 0.160 e. The van der Waals surface area contributed by atoms with Crippen molar-refractivity contribution >= 4 is 5.78 Å². The van der Waals surface area contributed by atoms with Gasteiger partial charge in [-0.2, -0.15) is 5.26 Å². The Morgan fingerprint density at radius 3 is 2.70 bits per heavy atom. The molecule has 56 valence electrons. The SMILES string of the molecule is CC(C)NCC(=O)CC#N. The molecule has 0 amide bonds. The van der Waals surface area contributed by atoms with Gasteiger partial charge >= 0.3 is 0 Å². The summed E-state index contributed by atoms with van der Waals surface area (Å²) in [5.74, 6) is -0.0452. The van der Waals surface area contributed by atoms with Crippen LogP contribution in [0.15, 0.2) is 0 Å². The lowest BCUT2D eigenvalue weighted by molar-refractivity contribution is -0.117. The van der Waals surface area contributed by atoms with E-state index in [0.29, 0.717) is 12.6 Å². The molecule has 3 heteroatoms. The number of carbonyl (C=O) groups excluding carboxylic acids is 1. The van der Waals surface area contributed by atoms with E-state index >= 15 is 0 Å². The summed E-state index contributed by atoms with van der Waals surface area (Å²) in [5.41, 5.74) is 0. The molecule has 0 heterocycles. The molecule has 0 unspecified atom stereocenters. The van der Waals surface area contributed by atoms with E-state index in [0.717, 1.165) is 0 Å². The molecule has 0 bridgehead atoms. The zero-order valence-corrected chi connectivity index (χ0v) is 6.35. The Bertz CT molecular complexity index is 146. The van der Waals surface area contributed by atoms with Crippen LogP contribution < -0.4 is 5.32 Å². The van der Waals surface area contributed by atoms with Crippen LogP contribution in [0.5, 0.6) is 0 Å². The average Bonchev–Trinajstić information content (AvgIpc) is 1.85. The van der Waals surface area contributed by atoms with Crippen LogP contribution in [0.25, 0.3) is 0 Å². The molecule has 0 saturated heterocycles. The molecule has 1 N–H and O–H groups in total. The third kappa shape index (κ3) is 5.26. The van der Waals surface area contributed by atoms with Gasteiger partial charge in [0.2, 0.25) is 0 Å². The van der Waals surface area contributed by atoms with Gasteiger partial charge in [-0.25, -0.2) is 0 Å². The van der Waals surface area contributed by atoms with Gasteiger partial charge in [-0.15, -0.1) is 0 Å². The highest BCUT2D eigenvalue weighted by Crippen LogP contribution is 1.80. The summed E-state index contributed by atoms with van der Waals surface area (Å²) in [7, 11) is 0. The Balaban J connectivity index is 3.33. The van der Waals surface area contributed by atoms with E-state index in [1.54, 1.807) is 6.07 Å². The standard InChI is InChI=1S/C7H12N2O/c1-6(2)9-5-7(10)3-4-8/h6,9H,3,5H2,1-2H3. The van der Waals surface area contributed by atoms with Crippen LogP contribution in [0.4, 0.5) is 0 Å². The zero-order valence-electron chi connectivity index (χ0n) is 6.35. The number of rotatable bonds is 4. The monoisotopic (exact) mass is 140 g/mol. The van der Waals surface area contributed by atoms with Gasteiger partial charge in [0.15, 0.2) is 5.78 Å². The summed E-state index contributed by atoms with van der Waals surface area (Å²) in [6.45, 7) is 4.23. The van der Waals surface area contributed by atoms with Crippen molar-refractivity contribution in [1.29, 1.82) is 5.26 Å². The van der Waals surface area contributed by atoms with Gasteiger partial charge in [-0.1, -0.05) is 13.8 Å². The van der Waals surface area contributed by atoms with E-state index in [9.17, 15) is 4.79 Å². The highest BCUT2D eigenvalue weighted by atomic mass is 16.1. The molecule has 0 rings (SSSR count). The quantitative estimate of drug-likeness (QED) is 0.617. The molecule has 3 nitrogen and oxygen atoms in total. The van der Waals surface area contributed by atoms with Crippen LogP contribution in [0.3, 0.4) is 0 Å². The maximum absolute atomic E-state index is 10.7. The molecule has 0 fully saturated rings. The molecular formula is C7H12N2O. The molecule has 10 heavy (non-hydrogen) atoms. The number of nitrogens with one attached hydrogen (secondary N) is 1. The van der Waals surface area contributed by atoms with Gasteiger partial charge in [0.05, 0.1) is 19.0 Å². The van der Waals surface area contributed by atoms with Crippen LogP contribution in [0.2, 0.25) is 0 Å². The second kappa shape index (κ2) is 4.95. The molecule has 0 aliphatic rings. The smallest absolute Gasteiger partial charge is 0.160 e. The lowest BCUT2D eigenvalue weighted by Crippen LogP contribution is -2.28. The Labute approximate surface area is 61.0 Å². The Kier molecular flexibility index (Phi) is 4.51. The van der Waals surface area contributed by atoms with E-state index in [2.05, 4.69) is 5.32 Å². The van der Waals surface area contributed by atoms with Crippen molar-refractivity contribution in [1.82, 2.24) is 5.32 Å². The van der Waals surface area contributed by atoms with Crippen molar-refractivity contribution in [2.75, 3.05) is 6.54 Å². The van der Waals surface area contributed by atoms with Crippen LogP contribution in [0, 0.1) is 11.3 Å². The summed E-state index contributed by atoms with van der Waals surface area (Å²) in [6, 6.07) is 2.11. The molecule has 0 spiro atoms. The number of Topliss-reactive ketones (excluding diaryl/α,β-unsaturated/α-hetero) is 1. The lowest BCUT2D eigenvalue weighted by atomic mass is 10.3. The summed E-state index contributed by atoms with van der Waals surface area (Å²) in [6.07, 6.45) is 0.0136. The van der Waals surface area contributed by atoms with Gasteiger partial charge in [0.25, 0.3) is 0 Å². The van der Waals surface area contributed by atoms with E-state index < -0.39 is 0 Å². The van der Waals surface area contributed by atoms with Gasteiger partial charge < -0.3 is 5.32 Å². The number of nitriles is 1. The minimum atomic E-state index is -0.0452. The van der Waals surface area contributed by atoms with Gasteiger partial charge in [-0.05, 0) is 0 Å². The summed E-state index contributed by atoms with van der Waals surface area (Å²) in [4.78, 5) is 10.7. The van der Waals surface area contributed by atoms with Crippen molar-refractivity contribution in [3.05, 3.63) is 0 Å². The van der Waals surface area contributed by atoms with Crippen molar-refractivity contribution in [3.63, 3.8) is 0 Å². The third-order valence-corrected chi connectivity index (χ3v) is 0.984. The number of hydrogen-bond acceptors (Lipinski definition) is 3. The number of nitrogens with zero attached hydrogens (tertiary/aromatic N) is 1. The number of ketones is 1. The second-order valence-electron chi connectivity index (χ2n) is 2.41. The number of carbonyl (C=O) groups is 1. The normalized spacial score (nSPS) is 9.40. The molecule has 0 atom stereocenters. The van der Waals surface area contributed by atoms with E-state index in [1.165, 1.54) is 0 Å². The fraction of sp³-hybridized carbons (Fsp3) is 0.714. The van der Waals surface area contributed by atoms with Crippen LogP contribution in [0.1, 0.15) is 20.3 Å². The summed E-state index contributed by atoms with van der Waals surface area (Å²) >= 11 is 0. The average molecular weight is 140 g/mol. The summed E-state index contributed by atoms with van der Waals surface area (Å²) in [5, 5.41) is 11.0. The van der Waals surface area contributed by atoms with Crippen LogP contribution in [-0.4, -0.2) is 18.4 Å². The van der Waals surface area contributed by atoms with Gasteiger partial charge in [-0.3, -0.25) is 4.79 Å². The van der Waals surface area contributed by atoms with Gasteiger partial charge in [0, 0.05) is 6.04 Å². The molecule has 0 aromatic carbocycles. The zero-order chi connectivity index (χ0) is 7.98. The predicted molar refractivity (Wildman–Crippen MR) is 38.4 cm³/mol. The van der Waals surface area contributed by atoms with E-state index in [4.69, 9.17) is 5.26 Å². The van der Waals surface area contributed by atoms with Crippen molar-refractivity contribution in [2.24, 2.45) is 0 Å². The molecule has 0 aromatic rings. The molecular weight excluding hydrogens is 128 g/mol. The maximum atomic E-state index is 10.7. The lowest BCUT2D eigenvalue weighted by Gasteiger charge is -2.04. The first-order chi connectivity index (χ1) is 4.66. The first-order valence-electron chi connectivity index (χ1n) is 3.29. The fourth-order valence-corrected chi connectivity index (χ4v) is 0.469. The van der Waals surface area contributed by atoms with Crippen LogP contribution >= 0.6 is 0 Å². The van der Waals surface area contributed by atoms with E-state index in [-0.39, 0.29) is 12.2 Å². The van der Waals surface area contributed by atoms with Crippen molar-refractivity contribution in [2.45, 2.75) is 26.3 Å². The molecule has 0 aromatic heterocycles. The highest BCUT2D eigenvalue weighted by Gasteiger charge is 1.99. The fourth-order valence-electron chi connectivity index (χ4n) is 0.469. The first kappa shape index (κ1) is 9.12. The predicted octanol–water partition coefficient (Wildman–Crippen LogP) is 0.467. The first-order valence-corrected chi connectivity index (χ1v) is 3.29. The Morgan fingerprint density at radius 1 is 1.70 bits per heavy atom.